The lowest BCUT2D eigenvalue weighted by molar-refractivity contribution is 0.0741. The third-order valence-corrected chi connectivity index (χ3v) is 7.66. The van der Waals surface area contributed by atoms with Gasteiger partial charge < -0.3 is 14.5 Å². The zero-order chi connectivity index (χ0) is 25.3. The van der Waals surface area contributed by atoms with Crippen molar-refractivity contribution in [3.05, 3.63) is 47.8 Å². The normalized spacial score (nSPS) is 15.0. The van der Waals surface area contributed by atoms with Gasteiger partial charge >= 0.3 is 0 Å². The molecule has 0 saturated carbocycles. The van der Waals surface area contributed by atoms with Crippen LogP contribution in [0.4, 0.5) is 10.1 Å². The number of amides is 1. The number of ether oxygens (including phenoxy) is 1. The molecule has 2 aromatic carbocycles. The first-order valence-electron chi connectivity index (χ1n) is 10.8. The zero-order valence-electron chi connectivity index (χ0n) is 19.6. The van der Waals surface area contributed by atoms with Gasteiger partial charge in [0.2, 0.25) is 0 Å². The molecule has 0 spiro atoms. The molecule has 0 N–H and O–H groups in total. The Balaban J connectivity index is 1.80. The number of nitrogens with zero attached hydrogens (tertiary/aromatic N) is 2. The Kier molecular flexibility index (Phi) is 7.56. The zero-order valence-corrected chi connectivity index (χ0v) is 21.2. The van der Waals surface area contributed by atoms with Gasteiger partial charge in [-0.2, -0.15) is 0 Å². The molecule has 0 bridgehead atoms. The maximum Gasteiger partial charge on any atom is 0.257 e. The molecule has 1 aliphatic heterocycles. The number of hydrogen-bond donors (Lipinski definition) is 0. The molecule has 34 heavy (non-hydrogen) atoms. The largest absolute Gasteiger partial charge is 0.492 e. The standard InChI is InChI=1S/C23H29FN2O6S2/c1-16(2)15-32-22-8-6-17(33(3,28)29)13-19(22)23(27)26-11-9-25(10-12-26)21-7-5-18(14-20(21)24)34(4,30)31/h5-8,13-14,16H,9-12,15H2,1-4H3. The number of piperazine rings is 1. The van der Waals surface area contributed by atoms with Gasteiger partial charge in [0.1, 0.15) is 11.6 Å². The monoisotopic (exact) mass is 512 g/mol. The highest BCUT2D eigenvalue weighted by Crippen LogP contribution is 2.27. The first-order valence-corrected chi connectivity index (χ1v) is 14.6. The molecule has 0 unspecified atom stereocenters. The molecule has 1 saturated heterocycles. The summed E-state index contributed by atoms with van der Waals surface area (Å²) in [7, 11) is -7.04. The van der Waals surface area contributed by atoms with Gasteiger partial charge in [-0.1, -0.05) is 13.8 Å². The van der Waals surface area contributed by atoms with Crippen LogP contribution < -0.4 is 9.64 Å². The molecule has 0 aliphatic carbocycles. The van der Waals surface area contributed by atoms with E-state index in [-0.39, 0.29) is 46.0 Å². The fourth-order valence-corrected chi connectivity index (χ4v) is 4.86. The first kappa shape index (κ1) is 26.0. The molecule has 1 fully saturated rings. The van der Waals surface area contributed by atoms with Gasteiger partial charge in [0, 0.05) is 38.7 Å². The molecular weight excluding hydrogens is 483 g/mol. The molecule has 0 aromatic heterocycles. The number of carbonyl (C=O) groups excluding carboxylic acids is 1. The second-order valence-electron chi connectivity index (χ2n) is 8.80. The summed E-state index contributed by atoms with van der Waals surface area (Å²) in [6, 6.07) is 8.04. The molecule has 1 heterocycles. The Labute approximate surface area is 200 Å². The van der Waals surface area contributed by atoms with E-state index in [0.29, 0.717) is 25.4 Å². The van der Waals surface area contributed by atoms with E-state index in [0.717, 1.165) is 18.6 Å². The molecule has 11 heteroatoms. The summed E-state index contributed by atoms with van der Waals surface area (Å²) in [5.41, 5.74) is 0.431. The molecule has 2 aromatic rings. The lowest BCUT2D eigenvalue weighted by Crippen LogP contribution is -2.49. The summed E-state index contributed by atoms with van der Waals surface area (Å²) < 4.78 is 67.7. The maximum absolute atomic E-state index is 14.6. The third-order valence-electron chi connectivity index (χ3n) is 5.44. The average Bonchev–Trinajstić information content (AvgIpc) is 2.76. The molecule has 1 amide bonds. The molecular formula is C23H29FN2O6S2. The van der Waals surface area contributed by atoms with Crippen LogP contribution in [-0.2, 0) is 19.7 Å². The number of anilines is 1. The van der Waals surface area contributed by atoms with E-state index >= 15 is 0 Å². The lowest BCUT2D eigenvalue weighted by Gasteiger charge is -2.36. The molecule has 8 nitrogen and oxygen atoms in total. The van der Waals surface area contributed by atoms with Crippen LogP contribution in [0.15, 0.2) is 46.2 Å². The second kappa shape index (κ2) is 9.91. The predicted octanol–water partition coefficient (Wildman–Crippen LogP) is 2.63. The van der Waals surface area contributed by atoms with Gasteiger partial charge in [-0.05, 0) is 42.3 Å². The van der Waals surface area contributed by atoms with Crippen molar-refractivity contribution in [3.63, 3.8) is 0 Å². The molecule has 0 radical (unpaired) electrons. The van der Waals surface area contributed by atoms with Crippen molar-refractivity contribution in [2.24, 2.45) is 5.92 Å². The molecule has 3 rings (SSSR count). The summed E-state index contributed by atoms with van der Waals surface area (Å²) in [5.74, 6) is -0.481. The van der Waals surface area contributed by atoms with Crippen LogP contribution >= 0.6 is 0 Å². The smallest absolute Gasteiger partial charge is 0.257 e. The average molecular weight is 513 g/mol. The van der Waals surface area contributed by atoms with Crippen LogP contribution in [0.2, 0.25) is 0 Å². The van der Waals surface area contributed by atoms with Crippen LogP contribution in [0, 0.1) is 11.7 Å². The van der Waals surface area contributed by atoms with Crippen LogP contribution in [0.5, 0.6) is 5.75 Å². The Hall–Kier alpha value is -2.66. The van der Waals surface area contributed by atoms with E-state index in [1.165, 1.54) is 30.3 Å². The van der Waals surface area contributed by atoms with Crippen LogP contribution in [0.1, 0.15) is 24.2 Å². The van der Waals surface area contributed by atoms with Gasteiger partial charge in [-0.3, -0.25) is 4.79 Å². The van der Waals surface area contributed by atoms with Crippen molar-refractivity contribution in [2.75, 3.05) is 50.2 Å². The highest BCUT2D eigenvalue weighted by atomic mass is 32.2. The summed E-state index contributed by atoms with van der Waals surface area (Å²) in [4.78, 5) is 16.6. The Morgan fingerprint density at radius 3 is 2.03 bits per heavy atom. The second-order valence-corrected chi connectivity index (χ2v) is 12.8. The fourth-order valence-electron chi connectivity index (χ4n) is 3.58. The van der Waals surface area contributed by atoms with Gasteiger partial charge in [-0.25, -0.2) is 21.2 Å². The van der Waals surface area contributed by atoms with E-state index < -0.39 is 25.5 Å². The van der Waals surface area contributed by atoms with E-state index in [9.17, 15) is 26.0 Å². The van der Waals surface area contributed by atoms with E-state index in [2.05, 4.69) is 0 Å². The fraction of sp³-hybridized carbons (Fsp3) is 0.435. The minimum Gasteiger partial charge on any atom is -0.492 e. The topological polar surface area (TPSA) is 101 Å². The lowest BCUT2D eigenvalue weighted by atomic mass is 10.1. The summed E-state index contributed by atoms with van der Waals surface area (Å²) in [6.07, 6.45) is 2.09. The van der Waals surface area contributed by atoms with Crippen molar-refractivity contribution in [1.29, 1.82) is 0 Å². The van der Waals surface area contributed by atoms with Crippen LogP contribution in [0.3, 0.4) is 0 Å². The van der Waals surface area contributed by atoms with Gasteiger partial charge in [-0.15, -0.1) is 0 Å². The van der Waals surface area contributed by atoms with E-state index in [1.54, 1.807) is 9.80 Å². The van der Waals surface area contributed by atoms with Crippen LogP contribution in [-0.4, -0.2) is 72.9 Å². The number of rotatable bonds is 7. The van der Waals surface area contributed by atoms with Crippen molar-refractivity contribution >= 4 is 31.3 Å². The molecule has 186 valence electrons. The number of carbonyl (C=O) groups is 1. The highest BCUT2D eigenvalue weighted by Gasteiger charge is 2.27. The summed E-state index contributed by atoms with van der Waals surface area (Å²) in [6.45, 7) is 5.51. The van der Waals surface area contributed by atoms with Gasteiger partial charge in [0.05, 0.1) is 27.6 Å². The number of sulfone groups is 2. The Bertz CT molecular complexity index is 1280. The van der Waals surface area contributed by atoms with Crippen LogP contribution in [0.25, 0.3) is 0 Å². The minimum atomic E-state index is -3.52. The number of halogens is 1. The minimum absolute atomic E-state index is 0.0272. The summed E-state index contributed by atoms with van der Waals surface area (Å²) >= 11 is 0. The summed E-state index contributed by atoms with van der Waals surface area (Å²) in [5, 5.41) is 0. The molecule has 1 aliphatic rings. The quantitative estimate of drug-likeness (QED) is 0.562. The number of hydrogen-bond acceptors (Lipinski definition) is 7. The Morgan fingerprint density at radius 2 is 1.50 bits per heavy atom. The van der Waals surface area contributed by atoms with Crippen molar-refractivity contribution in [1.82, 2.24) is 4.90 Å². The van der Waals surface area contributed by atoms with Crippen molar-refractivity contribution in [3.8, 4) is 5.75 Å². The highest BCUT2D eigenvalue weighted by molar-refractivity contribution is 7.91. The van der Waals surface area contributed by atoms with E-state index in [4.69, 9.17) is 4.74 Å². The van der Waals surface area contributed by atoms with Gasteiger partial charge in [0.15, 0.2) is 19.7 Å². The van der Waals surface area contributed by atoms with Gasteiger partial charge in [0.25, 0.3) is 5.91 Å². The third kappa shape index (κ3) is 6.06. The SMILES string of the molecule is CC(C)COc1ccc(S(C)(=O)=O)cc1C(=O)N1CCN(c2ccc(S(C)(=O)=O)cc2F)CC1. The maximum atomic E-state index is 14.6. The Morgan fingerprint density at radius 1 is 0.941 bits per heavy atom. The van der Waals surface area contributed by atoms with Crippen molar-refractivity contribution < 1.29 is 30.8 Å². The number of benzene rings is 2. The molecule has 0 atom stereocenters. The van der Waals surface area contributed by atoms with Crippen molar-refractivity contribution in [2.45, 2.75) is 23.6 Å². The first-order chi connectivity index (χ1) is 15.8. The van der Waals surface area contributed by atoms with E-state index in [1.807, 2.05) is 13.8 Å². The predicted molar refractivity (Wildman–Crippen MR) is 128 cm³/mol.